The highest BCUT2D eigenvalue weighted by molar-refractivity contribution is 5.96. The van der Waals surface area contributed by atoms with Crippen molar-refractivity contribution in [2.24, 2.45) is 7.05 Å². The molecule has 0 atom stereocenters. The first kappa shape index (κ1) is 11.6. The Morgan fingerprint density at radius 1 is 1.29 bits per heavy atom. The zero-order chi connectivity index (χ0) is 12.3. The Bertz CT molecular complexity index is 514. The second kappa shape index (κ2) is 4.95. The molecule has 2 aromatic rings. The maximum absolute atomic E-state index is 11.9. The molecule has 88 valence electrons. The van der Waals surface area contributed by atoms with E-state index in [0.29, 0.717) is 6.42 Å². The van der Waals surface area contributed by atoms with Gasteiger partial charge in [-0.05, 0) is 19.4 Å². The van der Waals surface area contributed by atoms with Crippen LogP contribution in [-0.4, -0.2) is 15.6 Å². The number of hydrogen-bond acceptors (Lipinski definition) is 2. The topological polar surface area (TPSA) is 34.9 Å². The van der Waals surface area contributed by atoms with Crippen LogP contribution in [0.25, 0.3) is 0 Å². The molecule has 0 saturated carbocycles. The summed E-state index contributed by atoms with van der Waals surface area (Å²) in [5.41, 5.74) is 2.88. The molecule has 3 nitrogen and oxygen atoms in total. The standard InChI is InChI=1S/C14H16N2O/c1-11-10-13(16(2)15-11)8-9-14(17)12-6-4-3-5-7-12/h3-7,10H,8-9H2,1-2H3. The van der Waals surface area contributed by atoms with Crippen LogP contribution < -0.4 is 0 Å². The smallest absolute Gasteiger partial charge is 0.163 e. The van der Waals surface area contributed by atoms with Gasteiger partial charge in [-0.3, -0.25) is 9.48 Å². The van der Waals surface area contributed by atoms with Gasteiger partial charge in [-0.25, -0.2) is 0 Å². The van der Waals surface area contributed by atoms with Gasteiger partial charge >= 0.3 is 0 Å². The van der Waals surface area contributed by atoms with Gasteiger partial charge in [-0.1, -0.05) is 30.3 Å². The van der Waals surface area contributed by atoms with Crippen LogP contribution >= 0.6 is 0 Å². The molecule has 0 aliphatic heterocycles. The number of carbonyl (C=O) groups is 1. The van der Waals surface area contributed by atoms with Crippen molar-refractivity contribution in [3.63, 3.8) is 0 Å². The zero-order valence-electron chi connectivity index (χ0n) is 10.2. The third-order valence-corrected chi connectivity index (χ3v) is 2.80. The van der Waals surface area contributed by atoms with E-state index in [1.54, 1.807) is 0 Å². The van der Waals surface area contributed by atoms with Crippen LogP contribution in [0.15, 0.2) is 36.4 Å². The van der Waals surface area contributed by atoms with E-state index in [0.717, 1.165) is 23.4 Å². The Balaban J connectivity index is 1.99. The molecule has 0 amide bonds. The summed E-state index contributed by atoms with van der Waals surface area (Å²) in [5, 5.41) is 4.27. The molecule has 1 aromatic carbocycles. The van der Waals surface area contributed by atoms with Crippen LogP contribution in [-0.2, 0) is 13.5 Å². The first-order chi connectivity index (χ1) is 8.16. The van der Waals surface area contributed by atoms with E-state index >= 15 is 0 Å². The van der Waals surface area contributed by atoms with E-state index in [2.05, 4.69) is 5.10 Å². The van der Waals surface area contributed by atoms with E-state index in [1.165, 1.54) is 0 Å². The average Bonchev–Trinajstić information content (AvgIpc) is 2.66. The molecule has 0 aliphatic carbocycles. The van der Waals surface area contributed by atoms with Crippen molar-refractivity contribution in [3.05, 3.63) is 53.3 Å². The second-order valence-corrected chi connectivity index (χ2v) is 4.19. The zero-order valence-corrected chi connectivity index (χ0v) is 10.2. The van der Waals surface area contributed by atoms with Crippen molar-refractivity contribution in [2.75, 3.05) is 0 Å². The molecule has 3 heteroatoms. The fraction of sp³-hybridized carbons (Fsp3) is 0.286. The first-order valence-corrected chi connectivity index (χ1v) is 5.74. The van der Waals surface area contributed by atoms with Crippen molar-refractivity contribution < 1.29 is 4.79 Å². The Morgan fingerprint density at radius 2 is 2.00 bits per heavy atom. The number of carbonyl (C=O) groups excluding carboxylic acids is 1. The van der Waals surface area contributed by atoms with Crippen molar-refractivity contribution in [1.29, 1.82) is 0 Å². The van der Waals surface area contributed by atoms with Gasteiger partial charge in [0, 0.05) is 24.7 Å². The molecule has 17 heavy (non-hydrogen) atoms. The minimum Gasteiger partial charge on any atom is -0.294 e. The van der Waals surface area contributed by atoms with Crippen molar-refractivity contribution >= 4 is 5.78 Å². The first-order valence-electron chi connectivity index (χ1n) is 5.74. The van der Waals surface area contributed by atoms with Crippen LogP contribution in [0.3, 0.4) is 0 Å². The molecule has 0 saturated heterocycles. The van der Waals surface area contributed by atoms with Gasteiger partial charge in [0.25, 0.3) is 0 Å². The van der Waals surface area contributed by atoms with Gasteiger partial charge in [-0.15, -0.1) is 0 Å². The highest BCUT2D eigenvalue weighted by Gasteiger charge is 2.08. The lowest BCUT2D eigenvalue weighted by molar-refractivity contribution is 0.0982. The number of benzene rings is 1. The van der Waals surface area contributed by atoms with Crippen molar-refractivity contribution in [2.45, 2.75) is 19.8 Å². The summed E-state index contributed by atoms with van der Waals surface area (Å²) in [5.74, 6) is 0.185. The van der Waals surface area contributed by atoms with Crippen LogP contribution in [0.4, 0.5) is 0 Å². The number of Topliss-reactive ketones (excluding diaryl/α,β-unsaturated/α-hetero) is 1. The van der Waals surface area contributed by atoms with E-state index < -0.39 is 0 Å². The van der Waals surface area contributed by atoms with E-state index in [-0.39, 0.29) is 5.78 Å². The number of nitrogens with zero attached hydrogens (tertiary/aromatic N) is 2. The van der Waals surface area contributed by atoms with E-state index in [4.69, 9.17) is 0 Å². The molecule has 2 rings (SSSR count). The number of rotatable bonds is 4. The monoisotopic (exact) mass is 228 g/mol. The lowest BCUT2D eigenvalue weighted by Crippen LogP contribution is -2.04. The Hall–Kier alpha value is -1.90. The Kier molecular flexibility index (Phi) is 3.38. The maximum atomic E-state index is 11.9. The largest absolute Gasteiger partial charge is 0.294 e. The van der Waals surface area contributed by atoms with Gasteiger partial charge in [0.2, 0.25) is 0 Å². The predicted molar refractivity (Wildman–Crippen MR) is 67.0 cm³/mol. The van der Waals surface area contributed by atoms with Crippen LogP contribution in [0.1, 0.15) is 28.2 Å². The molecular formula is C14H16N2O. The summed E-state index contributed by atoms with van der Waals surface area (Å²) in [4.78, 5) is 11.9. The van der Waals surface area contributed by atoms with E-state index in [1.807, 2.05) is 55.1 Å². The molecule has 0 radical (unpaired) electrons. The lowest BCUT2D eigenvalue weighted by Gasteiger charge is -2.01. The minimum absolute atomic E-state index is 0.185. The quantitative estimate of drug-likeness (QED) is 0.754. The summed E-state index contributed by atoms with van der Waals surface area (Å²) in [6.07, 6.45) is 1.27. The summed E-state index contributed by atoms with van der Waals surface area (Å²) < 4.78 is 1.84. The molecule has 0 N–H and O–H groups in total. The Labute approximate surface area is 101 Å². The molecule has 0 aliphatic rings. The third kappa shape index (κ3) is 2.81. The highest BCUT2D eigenvalue weighted by atomic mass is 16.1. The fourth-order valence-corrected chi connectivity index (χ4v) is 1.91. The van der Waals surface area contributed by atoms with Crippen molar-refractivity contribution in [1.82, 2.24) is 9.78 Å². The third-order valence-electron chi connectivity index (χ3n) is 2.80. The molecular weight excluding hydrogens is 212 g/mol. The minimum atomic E-state index is 0.185. The molecule has 0 bridgehead atoms. The number of aryl methyl sites for hydroxylation is 3. The summed E-state index contributed by atoms with van der Waals surface area (Å²) in [6, 6.07) is 11.4. The molecule has 1 aromatic heterocycles. The highest BCUT2D eigenvalue weighted by Crippen LogP contribution is 2.09. The normalized spacial score (nSPS) is 10.5. The number of aromatic nitrogens is 2. The second-order valence-electron chi connectivity index (χ2n) is 4.19. The Morgan fingerprint density at radius 3 is 2.59 bits per heavy atom. The van der Waals surface area contributed by atoms with Crippen LogP contribution in [0, 0.1) is 6.92 Å². The predicted octanol–water partition coefficient (Wildman–Crippen LogP) is 2.54. The van der Waals surface area contributed by atoms with Crippen molar-refractivity contribution in [3.8, 4) is 0 Å². The van der Waals surface area contributed by atoms with Gasteiger partial charge < -0.3 is 0 Å². The summed E-state index contributed by atoms with van der Waals surface area (Å²) in [7, 11) is 1.91. The van der Waals surface area contributed by atoms with Crippen LogP contribution in [0.2, 0.25) is 0 Å². The summed E-state index contributed by atoms with van der Waals surface area (Å²) in [6.45, 7) is 1.96. The number of ketones is 1. The molecule has 0 unspecified atom stereocenters. The average molecular weight is 228 g/mol. The van der Waals surface area contributed by atoms with Gasteiger partial charge in [-0.2, -0.15) is 5.10 Å². The number of hydrogen-bond donors (Lipinski definition) is 0. The molecule has 0 fully saturated rings. The summed E-state index contributed by atoms with van der Waals surface area (Å²) >= 11 is 0. The van der Waals surface area contributed by atoms with E-state index in [9.17, 15) is 4.79 Å². The maximum Gasteiger partial charge on any atom is 0.163 e. The van der Waals surface area contributed by atoms with Crippen LogP contribution in [0.5, 0.6) is 0 Å². The van der Waals surface area contributed by atoms with Gasteiger partial charge in [0.15, 0.2) is 5.78 Å². The lowest BCUT2D eigenvalue weighted by atomic mass is 10.1. The molecule has 1 heterocycles. The fourth-order valence-electron chi connectivity index (χ4n) is 1.91. The SMILES string of the molecule is Cc1cc(CCC(=O)c2ccccc2)n(C)n1. The van der Waals surface area contributed by atoms with Gasteiger partial charge in [0.05, 0.1) is 5.69 Å². The van der Waals surface area contributed by atoms with Gasteiger partial charge in [0.1, 0.15) is 0 Å². The molecule has 0 spiro atoms.